The van der Waals surface area contributed by atoms with Crippen LogP contribution >= 0.6 is 0 Å². The molecule has 1 amide bonds. The van der Waals surface area contributed by atoms with Crippen molar-refractivity contribution in [3.05, 3.63) is 76.1 Å². The van der Waals surface area contributed by atoms with Crippen LogP contribution in [0.2, 0.25) is 0 Å². The number of benzene rings is 2. The molecule has 2 aromatic carbocycles. The highest BCUT2D eigenvalue weighted by Crippen LogP contribution is 2.15. The number of hydrogen-bond acceptors (Lipinski definition) is 7. The Morgan fingerprint density at radius 3 is 2.57 bits per heavy atom. The van der Waals surface area contributed by atoms with E-state index in [4.69, 9.17) is 4.74 Å². The fraction of sp³-hybridized carbons (Fsp3) is 0.111. The molecule has 142 valence electrons. The van der Waals surface area contributed by atoms with Crippen molar-refractivity contribution in [3.8, 4) is 11.4 Å². The smallest absolute Gasteiger partial charge is 0.269 e. The van der Waals surface area contributed by atoms with E-state index in [1.54, 1.807) is 49.6 Å². The van der Waals surface area contributed by atoms with E-state index in [2.05, 4.69) is 20.8 Å². The molecule has 0 aliphatic carbocycles. The van der Waals surface area contributed by atoms with Crippen LogP contribution in [0, 0.1) is 10.1 Å². The fourth-order valence-electron chi connectivity index (χ4n) is 2.34. The van der Waals surface area contributed by atoms with Crippen LogP contribution in [-0.2, 0) is 11.3 Å². The largest absolute Gasteiger partial charge is 0.497 e. The van der Waals surface area contributed by atoms with Crippen molar-refractivity contribution in [1.82, 2.24) is 25.5 Å². The highest BCUT2D eigenvalue weighted by molar-refractivity contribution is 5.91. The first-order valence-corrected chi connectivity index (χ1v) is 8.19. The van der Waals surface area contributed by atoms with Gasteiger partial charge in [-0.25, -0.2) is 0 Å². The predicted molar refractivity (Wildman–Crippen MR) is 99.7 cm³/mol. The molecule has 0 bridgehead atoms. The number of non-ortho nitro benzene ring substituents is 1. The Kier molecular flexibility index (Phi) is 5.70. The van der Waals surface area contributed by atoms with Gasteiger partial charge in [-0.3, -0.25) is 14.9 Å². The summed E-state index contributed by atoms with van der Waals surface area (Å²) in [5.41, 5.74) is 1.40. The number of rotatable bonds is 7. The number of aromatic nitrogens is 4. The highest BCUT2D eigenvalue weighted by atomic mass is 16.6. The third-order valence-electron chi connectivity index (χ3n) is 3.80. The van der Waals surface area contributed by atoms with Crippen LogP contribution in [-0.4, -0.2) is 38.1 Å². The number of carbonyl (C=O) groups excluding carboxylic acids is 1. The van der Waals surface area contributed by atoms with Crippen LogP contribution in [0.1, 0.15) is 11.4 Å². The number of nitrogens with one attached hydrogen (secondary N) is 1. The normalized spacial score (nSPS) is 10.8. The molecule has 28 heavy (non-hydrogen) atoms. The lowest BCUT2D eigenvalue weighted by atomic mass is 10.2. The lowest BCUT2D eigenvalue weighted by Gasteiger charge is -2.06. The van der Waals surface area contributed by atoms with Crippen molar-refractivity contribution < 1.29 is 14.5 Å². The van der Waals surface area contributed by atoms with E-state index in [1.807, 2.05) is 0 Å². The molecule has 10 heteroatoms. The van der Waals surface area contributed by atoms with Gasteiger partial charge in [0.15, 0.2) is 5.82 Å². The molecule has 10 nitrogen and oxygen atoms in total. The number of nitro benzene ring substituents is 1. The van der Waals surface area contributed by atoms with E-state index in [0.717, 1.165) is 5.69 Å². The van der Waals surface area contributed by atoms with E-state index < -0.39 is 4.92 Å². The molecule has 0 aliphatic rings. The second-order valence-electron chi connectivity index (χ2n) is 5.60. The molecule has 3 rings (SSSR count). The Labute approximate surface area is 159 Å². The molecule has 1 heterocycles. The van der Waals surface area contributed by atoms with Crippen LogP contribution in [0.15, 0.2) is 54.6 Å². The zero-order valence-electron chi connectivity index (χ0n) is 14.8. The second-order valence-corrected chi connectivity index (χ2v) is 5.60. The molecule has 0 atom stereocenters. The van der Waals surface area contributed by atoms with Crippen molar-refractivity contribution in [2.24, 2.45) is 0 Å². The number of tetrazole rings is 1. The van der Waals surface area contributed by atoms with Gasteiger partial charge in [-0.05, 0) is 58.5 Å². The van der Waals surface area contributed by atoms with Crippen LogP contribution in [0.4, 0.5) is 5.69 Å². The number of ether oxygens (including phenoxy) is 1. The van der Waals surface area contributed by atoms with E-state index >= 15 is 0 Å². The summed E-state index contributed by atoms with van der Waals surface area (Å²) in [5, 5.41) is 24.8. The van der Waals surface area contributed by atoms with Crippen molar-refractivity contribution in [3.63, 3.8) is 0 Å². The maximum absolute atomic E-state index is 12.0. The minimum absolute atomic E-state index is 0.00744. The van der Waals surface area contributed by atoms with Crippen LogP contribution < -0.4 is 10.1 Å². The van der Waals surface area contributed by atoms with Gasteiger partial charge in [0.25, 0.3) is 5.69 Å². The van der Waals surface area contributed by atoms with Gasteiger partial charge < -0.3 is 10.1 Å². The number of nitro groups is 1. The summed E-state index contributed by atoms with van der Waals surface area (Å²) in [6.45, 7) is 0.127. The molecule has 0 saturated carbocycles. The summed E-state index contributed by atoms with van der Waals surface area (Å²) in [6, 6.07) is 13.0. The van der Waals surface area contributed by atoms with Crippen LogP contribution in [0.25, 0.3) is 11.8 Å². The van der Waals surface area contributed by atoms with Gasteiger partial charge in [0, 0.05) is 18.2 Å². The number of hydrogen-bond donors (Lipinski definition) is 1. The Morgan fingerprint density at radius 2 is 1.93 bits per heavy atom. The zero-order chi connectivity index (χ0) is 19.9. The lowest BCUT2D eigenvalue weighted by Crippen LogP contribution is -2.22. The molecule has 0 saturated heterocycles. The minimum atomic E-state index is -0.479. The first-order chi connectivity index (χ1) is 13.6. The van der Waals surface area contributed by atoms with E-state index in [0.29, 0.717) is 17.1 Å². The van der Waals surface area contributed by atoms with Crippen molar-refractivity contribution in [1.29, 1.82) is 0 Å². The third-order valence-corrected chi connectivity index (χ3v) is 3.80. The zero-order valence-corrected chi connectivity index (χ0v) is 14.8. The molecular formula is C18H16N6O4. The van der Waals surface area contributed by atoms with Gasteiger partial charge in [-0.1, -0.05) is 0 Å². The van der Waals surface area contributed by atoms with Gasteiger partial charge in [-0.15, -0.1) is 5.10 Å². The monoisotopic (exact) mass is 380 g/mol. The maximum atomic E-state index is 12.0. The molecule has 3 aromatic rings. The Balaban J connectivity index is 1.60. The second kappa shape index (κ2) is 8.54. The number of amides is 1. The van der Waals surface area contributed by atoms with Crippen molar-refractivity contribution in [2.75, 3.05) is 7.11 Å². The molecule has 1 aromatic heterocycles. The first-order valence-electron chi connectivity index (χ1n) is 8.19. The van der Waals surface area contributed by atoms with Crippen molar-refractivity contribution in [2.45, 2.75) is 6.54 Å². The lowest BCUT2D eigenvalue weighted by molar-refractivity contribution is -0.384. The molecule has 0 radical (unpaired) electrons. The fourth-order valence-corrected chi connectivity index (χ4v) is 2.34. The standard InChI is InChI=1S/C18H16N6O4/c1-28-16-9-7-14(8-10-16)23-17(20-21-22-23)12-19-18(25)11-4-13-2-5-15(6-3-13)24(26)27/h2-11H,12H2,1H3,(H,19,25)/b11-4-. The Bertz CT molecular complexity index is 996. The van der Waals surface area contributed by atoms with E-state index in [9.17, 15) is 14.9 Å². The van der Waals surface area contributed by atoms with Gasteiger partial charge in [0.2, 0.25) is 5.91 Å². The Morgan fingerprint density at radius 1 is 1.21 bits per heavy atom. The number of methoxy groups -OCH3 is 1. The summed E-state index contributed by atoms with van der Waals surface area (Å²) in [6.07, 6.45) is 2.90. The molecular weight excluding hydrogens is 364 g/mol. The summed E-state index contributed by atoms with van der Waals surface area (Å²) in [7, 11) is 1.58. The average molecular weight is 380 g/mol. The minimum Gasteiger partial charge on any atom is -0.497 e. The van der Waals surface area contributed by atoms with Crippen LogP contribution in [0.5, 0.6) is 5.75 Å². The average Bonchev–Trinajstić information content (AvgIpc) is 3.19. The SMILES string of the molecule is COc1ccc(-n2nnnc2CNC(=O)/C=C\c2ccc([N+](=O)[O-])cc2)cc1. The number of carbonyl (C=O) groups is 1. The molecule has 0 spiro atoms. The summed E-state index contributed by atoms with van der Waals surface area (Å²) in [5.74, 6) is 0.827. The summed E-state index contributed by atoms with van der Waals surface area (Å²) in [4.78, 5) is 22.2. The topological polar surface area (TPSA) is 125 Å². The number of nitrogens with zero attached hydrogens (tertiary/aromatic N) is 5. The summed E-state index contributed by atoms with van der Waals surface area (Å²) < 4.78 is 6.63. The van der Waals surface area contributed by atoms with Gasteiger partial charge in [0.05, 0.1) is 24.3 Å². The van der Waals surface area contributed by atoms with Crippen molar-refractivity contribution >= 4 is 17.7 Å². The van der Waals surface area contributed by atoms with Gasteiger partial charge in [-0.2, -0.15) is 4.68 Å². The summed E-state index contributed by atoms with van der Waals surface area (Å²) >= 11 is 0. The Hall–Kier alpha value is -4.08. The van der Waals surface area contributed by atoms with Crippen LogP contribution in [0.3, 0.4) is 0 Å². The quantitative estimate of drug-likeness (QED) is 0.377. The first kappa shape index (κ1) is 18.7. The highest BCUT2D eigenvalue weighted by Gasteiger charge is 2.09. The molecule has 1 N–H and O–H groups in total. The van der Waals surface area contributed by atoms with Gasteiger partial charge >= 0.3 is 0 Å². The molecule has 0 fully saturated rings. The van der Waals surface area contributed by atoms with Gasteiger partial charge in [0.1, 0.15) is 5.75 Å². The molecule has 0 unspecified atom stereocenters. The third kappa shape index (κ3) is 4.55. The molecule has 0 aliphatic heterocycles. The van der Waals surface area contributed by atoms with E-state index in [-0.39, 0.29) is 18.1 Å². The maximum Gasteiger partial charge on any atom is 0.269 e. The predicted octanol–water partition coefficient (Wildman–Crippen LogP) is 1.91. The van der Waals surface area contributed by atoms with E-state index in [1.165, 1.54) is 22.9 Å².